The molecule has 8 nitrogen and oxygen atoms in total. The summed E-state index contributed by atoms with van der Waals surface area (Å²) in [5.41, 5.74) is 3.46. The van der Waals surface area contributed by atoms with E-state index >= 15 is 0 Å². The lowest BCUT2D eigenvalue weighted by molar-refractivity contribution is 0.0774. The third kappa shape index (κ3) is 3.90. The van der Waals surface area contributed by atoms with Gasteiger partial charge in [-0.2, -0.15) is 0 Å². The van der Waals surface area contributed by atoms with Gasteiger partial charge in [0.15, 0.2) is 0 Å². The van der Waals surface area contributed by atoms with Crippen LogP contribution in [0.3, 0.4) is 0 Å². The van der Waals surface area contributed by atoms with Crippen molar-refractivity contribution in [2.24, 2.45) is 11.8 Å². The van der Waals surface area contributed by atoms with Gasteiger partial charge < -0.3 is 14.7 Å². The number of H-pyrrole nitrogens is 1. The molecule has 0 radical (unpaired) electrons. The van der Waals surface area contributed by atoms with Crippen molar-refractivity contribution in [3.8, 4) is 0 Å². The summed E-state index contributed by atoms with van der Waals surface area (Å²) in [6.45, 7) is 4.42. The number of nitrogens with zero attached hydrogens (tertiary/aromatic N) is 5. The van der Waals surface area contributed by atoms with Gasteiger partial charge in [0.2, 0.25) is 0 Å². The molecule has 6 rings (SSSR count). The first-order chi connectivity index (χ1) is 16.5. The highest BCUT2D eigenvalue weighted by molar-refractivity contribution is 6.30. The van der Waals surface area contributed by atoms with Crippen molar-refractivity contribution < 1.29 is 9.59 Å². The van der Waals surface area contributed by atoms with Crippen LogP contribution < -0.4 is 0 Å². The van der Waals surface area contributed by atoms with Crippen LogP contribution in [0, 0.1) is 11.8 Å². The van der Waals surface area contributed by atoms with Crippen LogP contribution in [0.4, 0.5) is 4.79 Å². The van der Waals surface area contributed by atoms with Crippen LogP contribution in [0.15, 0.2) is 42.5 Å². The summed E-state index contributed by atoms with van der Waals surface area (Å²) in [5, 5.41) is 11.4. The summed E-state index contributed by atoms with van der Waals surface area (Å²) in [6.07, 6.45) is 1.96. The van der Waals surface area contributed by atoms with Gasteiger partial charge in [0.25, 0.3) is 5.91 Å². The van der Waals surface area contributed by atoms with E-state index in [2.05, 4.69) is 27.5 Å². The first-order valence-corrected chi connectivity index (χ1v) is 12.3. The zero-order valence-corrected chi connectivity index (χ0v) is 19.6. The molecular formula is C25H27ClN6O2. The molecule has 4 heterocycles. The Bertz CT molecular complexity index is 1210. The van der Waals surface area contributed by atoms with Gasteiger partial charge in [-0.05, 0) is 54.7 Å². The molecule has 1 aromatic heterocycles. The normalized spacial score (nSPS) is 23.0. The van der Waals surface area contributed by atoms with Gasteiger partial charge in [-0.25, -0.2) is 4.79 Å². The topological polar surface area (TPSA) is 85.4 Å². The predicted octanol–water partition coefficient (Wildman–Crippen LogP) is 3.61. The maximum absolute atomic E-state index is 13.2. The standard InChI is InChI=1S/C25H27ClN6O2/c26-21-4-1-16(2-5-21)17-7-9-30(10-8-17)25(34)32-14-19-12-31(13-20(19)15-32)24(33)18-3-6-22-23(11-18)28-29-27-22/h1-6,11,17,19-20H,7-10,12-15H2,(H,27,28,29)/t19-,20?/m0/s1. The van der Waals surface area contributed by atoms with E-state index in [1.165, 1.54) is 5.56 Å². The number of benzene rings is 2. The van der Waals surface area contributed by atoms with Crippen LogP contribution in [0.25, 0.3) is 11.0 Å². The van der Waals surface area contributed by atoms with Gasteiger partial charge in [0, 0.05) is 61.7 Å². The first-order valence-electron chi connectivity index (χ1n) is 11.9. The third-order valence-corrected chi connectivity index (χ3v) is 7.98. The van der Waals surface area contributed by atoms with Gasteiger partial charge in [-0.15, -0.1) is 5.10 Å². The molecule has 3 aromatic rings. The number of urea groups is 1. The molecule has 3 aliphatic heterocycles. The fraction of sp³-hybridized carbons (Fsp3) is 0.440. The Morgan fingerprint density at radius 2 is 1.56 bits per heavy atom. The maximum Gasteiger partial charge on any atom is 0.320 e. The lowest BCUT2D eigenvalue weighted by atomic mass is 9.89. The number of aromatic amines is 1. The molecule has 3 saturated heterocycles. The minimum Gasteiger partial charge on any atom is -0.338 e. The number of hydrogen-bond acceptors (Lipinski definition) is 4. The van der Waals surface area contributed by atoms with Crippen molar-refractivity contribution in [2.45, 2.75) is 18.8 Å². The van der Waals surface area contributed by atoms with E-state index in [9.17, 15) is 9.59 Å². The van der Waals surface area contributed by atoms with Crippen molar-refractivity contribution >= 4 is 34.6 Å². The highest BCUT2D eigenvalue weighted by Gasteiger charge is 2.44. The molecule has 3 aliphatic rings. The molecule has 1 unspecified atom stereocenters. The number of halogens is 1. The summed E-state index contributed by atoms with van der Waals surface area (Å²) >= 11 is 6.02. The van der Waals surface area contributed by atoms with Crippen LogP contribution >= 0.6 is 11.6 Å². The number of likely N-dealkylation sites (tertiary alicyclic amines) is 3. The smallest absolute Gasteiger partial charge is 0.320 e. The average Bonchev–Trinajstić information content (AvgIpc) is 3.58. The number of aromatic nitrogens is 3. The quantitative estimate of drug-likeness (QED) is 0.609. The third-order valence-electron chi connectivity index (χ3n) is 7.72. The lowest BCUT2D eigenvalue weighted by Crippen LogP contribution is -2.46. The van der Waals surface area contributed by atoms with E-state index in [1.54, 1.807) is 6.07 Å². The maximum atomic E-state index is 13.2. The van der Waals surface area contributed by atoms with E-state index in [-0.39, 0.29) is 11.9 Å². The molecule has 176 valence electrons. The zero-order valence-electron chi connectivity index (χ0n) is 18.9. The summed E-state index contributed by atoms with van der Waals surface area (Å²) in [4.78, 5) is 32.2. The first kappa shape index (κ1) is 21.4. The number of hydrogen-bond donors (Lipinski definition) is 1. The number of carbonyl (C=O) groups is 2. The molecule has 9 heteroatoms. The summed E-state index contributed by atoms with van der Waals surface area (Å²) < 4.78 is 0. The Morgan fingerprint density at radius 3 is 2.26 bits per heavy atom. The molecule has 3 fully saturated rings. The lowest BCUT2D eigenvalue weighted by Gasteiger charge is -2.35. The molecule has 2 atom stereocenters. The minimum absolute atomic E-state index is 0.0291. The predicted molar refractivity (Wildman–Crippen MR) is 129 cm³/mol. The fourth-order valence-electron chi connectivity index (χ4n) is 5.81. The van der Waals surface area contributed by atoms with Crippen LogP contribution in [-0.2, 0) is 0 Å². The summed E-state index contributed by atoms with van der Waals surface area (Å²) in [7, 11) is 0. The van der Waals surface area contributed by atoms with Gasteiger partial charge in [-0.3, -0.25) is 9.89 Å². The van der Waals surface area contributed by atoms with Crippen molar-refractivity contribution in [1.29, 1.82) is 0 Å². The van der Waals surface area contributed by atoms with Gasteiger partial charge in [0.1, 0.15) is 5.52 Å². The Labute approximate surface area is 202 Å². The van der Waals surface area contributed by atoms with Gasteiger partial charge in [-0.1, -0.05) is 28.9 Å². The number of piperidine rings is 1. The zero-order chi connectivity index (χ0) is 23.2. The molecular weight excluding hydrogens is 452 g/mol. The number of rotatable bonds is 2. The molecule has 2 aromatic carbocycles. The van der Waals surface area contributed by atoms with Crippen LogP contribution in [0.2, 0.25) is 5.02 Å². The Balaban J connectivity index is 1.03. The van der Waals surface area contributed by atoms with E-state index in [4.69, 9.17) is 11.6 Å². The Kier molecular flexibility index (Phi) is 5.40. The van der Waals surface area contributed by atoms with Crippen molar-refractivity contribution in [2.75, 3.05) is 39.3 Å². The second kappa shape index (κ2) is 8.58. The van der Waals surface area contributed by atoms with Gasteiger partial charge in [0.05, 0.1) is 5.52 Å². The van der Waals surface area contributed by atoms with Crippen LogP contribution in [0.1, 0.15) is 34.7 Å². The molecule has 3 amide bonds. The molecule has 1 N–H and O–H groups in total. The molecule has 0 saturated carbocycles. The number of amides is 3. The van der Waals surface area contributed by atoms with E-state index in [1.807, 2.05) is 39.0 Å². The Hall–Kier alpha value is -3.13. The van der Waals surface area contributed by atoms with Crippen molar-refractivity contribution in [3.63, 3.8) is 0 Å². The highest BCUT2D eigenvalue weighted by Crippen LogP contribution is 2.34. The minimum atomic E-state index is 0.0291. The van der Waals surface area contributed by atoms with Crippen molar-refractivity contribution in [3.05, 3.63) is 58.6 Å². The van der Waals surface area contributed by atoms with Crippen molar-refractivity contribution in [1.82, 2.24) is 30.1 Å². The van der Waals surface area contributed by atoms with E-state index in [0.29, 0.717) is 41.9 Å². The van der Waals surface area contributed by atoms with Crippen LogP contribution in [0.5, 0.6) is 0 Å². The second-order valence-corrected chi connectivity index (χ2v) is 10.2. The van der Waals surface area contributed by atoms with Gasteiger partial charge >= 0.3 is 6.03 Å². The summed E-state index contributed by atoms with van der Waals surface area (Å²) in [6, 6.07) is 13.7. The van der Waals surface area contributed by atoms with E-state index < -0.39 is 0 Å². The fourth-order valence-corrected chi connectivity index (χ4v) is 5.94. The second-order valence-electron chi connectivity index (χ2n) is 9.77. The number of nitrogens with one attached hydrogen (secondary N) is 1. The number of fused-ring (bicyclic) bond motifs is 2. The van der Waals surface area contributed by atoms with E-state index in [0.717, 1.165) is 49.6 Å². The molecule has 0 spiro atoms. The highest BCUT2D eigenvalue weighted by atomic mass is 35.5. The average molecular weight is 479 g/mol. The largest absolute Gasteiger partial charge is 0.338 e. The Morgan fingerprint density at radius 1 is 0.882 bits per heavy atom. The SMILES string of the molecule is O=C(c1ccc2[nH]nnc2c1)N1CC2CN(C(=O)N3CCC(c4ccc(Cl)cc4)CC3)C[C@@H]2C1. The summed E-state index contributed by atoms with van der Waals surface area (Å²) in [5.74, 6) is 1.20. The van der Waals surface area contributed by atoms with Crippen LogP contribution in [-0.4, -0.2) is 81.3 Å². The molecule has 0 bridgehead atoms. The molecule has 34 heavy (non-hydrogen) atoms. The molecule has 0 aliphatic carbocycles. The number of carbonyl (C=O) groups excluding carboxylic acids is 2. The monoisotopic (exact) mass is 478 g/mol.